The average Bonchev–Trinajstić information content (AvgIpc) is 2.48. The summed E-state index contributed by atoms with van der Waals surface area (Å²) in [6.45, 7) is 2.42. The van der Waals surface area contributed by atoms with E-state index in [1.165, 1.54) is 17.7 Å². The fourth-order valence-electron chi connectivity index (χ4n) is 2.93. The third-order valence-electron chi connectivity index (χ3n) is 4.14. The maximum absolute atomic E-state index is 13.0. The van der Waals surface area contributed by atoms with Crippen molar-refractivity contribution in [1.29, 1.82) is 0 Å². The molecule has 0 aromatic heterocycles. The minimum Gasteiger partial charge on any atom is -0.385 e. The maximum Gasteiger partial charge on any atom is 0.123 e. The van der Waals surface area contributed by atoms with Crippen molar-refractivity contribution in [2.24, 2.45) is 0 Å². The molecule has 1 heterocycles. The van der Waals surface area contributed by atoms with Gasteiger partial charge in [-0.15, -0.1) is 0 Å². The quantitative estimate of drug-likeness (QED) is 0.931. The van der Waals surface area contributed by atoms with Gasteiger partial charge < -0.3 is 9.84 Å². The Bertz CT molecular complexity index is 619. The fourth-order valence-corrected chi connectivity index (χ4v) is 2.93. The Morgan fingerprint density at radius 1 is 1.19 bits per heavy atom. The van der Waals surface area contributed by atoms with Gasteiger partial charge in [-0.3, -0.25) is 0 Å². The van der Waals surface area contributed by atoms with Gasteiger partial charge in [-0.2, -0.15) is 0 Å². The first-order valence-electron chi connectivity index (χ1n) is 7.24. The van der Waals surface area contributed by atoms with Crippen LogP contribution in [-0.2, 0) is 16.8 Å². The second kappa shape index (κ2) is 5.58. The van der Waals surface area contributed by atoms with Crippen LogP contribution in [0.2, 0.25) is 0 Å². The van der Waals surface area contributed by atoms with Crippen molar-refractivity contribution in [3.8, 4) is 0 Å². The van der Waals surface area contributed by atoms with Crippen LogP contribution >= 0.6 is 0 Å². The highest BCUT2D eigenvalue weighted by atomic mass is 19.1. The van der Waals surface area contributed by atoms with Crippen LogP contribution in [0.15, 0.2) is 48.5 Å². The number of aliphatic hydroxyl groups is 1. The lowest BCUT2D eigenvalue weighted by atomic mass is 9.85. The molecular weight excluding hydrogens is 267 g/mol. The fraction of sp³-hybridized carbons (Fsp3) is 0.333. The van der Waals surface area contributed by atoms with E-state index in [2.05, 4.69) is 12.1 Å². The molecule has 0 amide bonds. The van der Waals surface area contributed by atoms with Crippen molar-refractivity contribution in [1.82, 2.24) is 0 Å². The first-order valence-corrected chi connectivity index (χ1v) is 7.24. The highest BCUT2D eigenvalue weighted by molar-refractivity contribution is 5.32. The lowest BCUT2D eigenvalue weighted by Crippen LogP contribution is -2.28. The average molecular weight is 286 g/mol. The summed E-state index contributed by atoms with van der Waals surface area (Å²) in [6, 6.07) is 14.2. The van der Waals surface area contributed by atoms with Gasteiger partial charge in [0, 0.05) is 6.42 Å². The zero-order chi connectivity index (χ0) is 14.9. The Morgan fingerprint density at radius 2 is 1.90 bits per heavy atom. The van der Waals surface area contributed by atoms with Crippen LogP contribution in [0.4, 0.5) is 4.39 Å². The van der Waals surface area contributed by atoms with E-state index in [0.717, 1.165) is 12.0 Å². The van der Waals surface area contributed by atoms with Crippen LogP contribution < -0.4 is 0 Å². The van der Waals surface area contributed by atoms with Gasteiger partial charge in [0.1, 0.15) is 5.82 Å². The predicted molar refractivity (Wildman–Crippen MR) is 79.4 cm³/mol. The van der Waals surface area contributed by atoms with Crippen LogP contribution in [0, 0.1) is 5.82 Å². The largest absolute Gasteiger partial charge is 0.385 e. The summed E-state index contributed by atoms with van der Waals surface area (Å²) in [6.07, 6.45) is 1.23. The third kappa shape index (κ3) is 2.99. The van der Waals surface area contributed by atoms with Gasteiger partial charge >= 0.3 is 0 Å². The molecule has 0 bridgehead atoms. The van der Waals surface area contributed by atoms with Crippen LogP contribution in [-0.4, -0.2) is 11.7 Å². The molecule has 0 saturated heterocycles. The minimum atomic E-state index is -1.05. The molecule has 3 heteroatoms. The molecule has 0 radical (unpaired) electrons. The molecule has 0 saturated carbocycles. The van der Waals surface area contributed by atoms with E-state index in [4.69, 9.17) is 4.74 Å². The van der Waals surface area contributed by atoms with Gasteiger partial charge in [0.2, 0.25) is 0 Å². The number of hydrogen-bond donors (Lipinski definition) is 1. The number of rotatable bonds is 3. The zero-order valence-electron chi connectivity index (χ0n) is 12.1. The molecule has 1 aliphatic heterocycles. The molecule has 110 valence electrons. The number of ether oxygens (including phenoxy) is 1. The van der Waals surface area contributed by atoms with E-state index in [9.17, 15) is 9.50 Å². The number of fused-ring (bicyclic) bond motifs is 1. The number of benzene rings is 2. The Balaban J connectivity index is 1.84. The topological polar surface area (TPSA) is 29.5 Å². The molecule has 0 fully saturated rings. The summed E-state index contributed by atoms with van der Waals surface area (Å²) in [7, 11) is 0. The van der Waals surface area contributed by atoms with Crippen molar-refractivity contribution in [3.05, 3.63) is 71.0 Å². The Labute approximate surface area is 124 Å². The molecule has 1 N–H and O–H groups in total. The standard InChI is InChI=1S/C18H19FO2/c1-18(20,14-6-8-15(19)9-7-14)12-17-16-5-3-2-4-13(16)10-11-21-17/h2-9,17,20H,10-12H2,1H3. The molecule has 21 heavy (non-hydrogen) atoms. The SMILES string of the molecule is CC(O)(CC1OCCc2ccccc21)c1ccc(F)cc1. The molecule has 0 aliphatic carbocycles. The molecular formula is C18H19FO2. The van der Waals surface area contributed by atoms with Crippen LogP contribution in [0.5, 0.6) is 0 Å². The van der Waals surface area contributed by atoms with Crippen LogP contribution in [0.25, 0.3) is 0 Å². The van der Waals surface area contributed by atoms with E-state index in [-0.39, 0.29) is 11.9 Å². The first kappa shape index (κ1) is 14.2. The van der Waals surface area contributed by atoms with E-state index < -0.39 is 5.60 Å². The molecule has 2 nitrogen and oxygen atoms in total. The molecule has 2 unspecified atom stereocenters. The van der Waals surface area contributed by atoms with Crippen molar-refractivity contribution >= 4 is 0 Å². The van der Waals surface area contributed by atoms with Crippen molar-refractivity contribution in [2.45, 2.75) is 31.5 Å². The van der Waals surface area contributed by atoms with Crippen molar-refractivity contribution in [2.75, 3.05) is 6.61 Å². The highest BCUT2D eigenvalue weighted by Crippen LogP contribution is 2.37. The second-order valence-corrected chi connectivity index (χ2v) is 5.79. The zero-order valence-corrected chi connectivity index (χ0v) is 12.1. The predicted octanol–water partition coefficient (Wildman–Crippen LogP) is 3.74. The molecule has 3 rings (SSSR count). The van der Waals surface area contributed by atoms with Gasteiger partial charge in [-0.25, -0.2) is 4.39 Å². The summed E-state index contributed by atoms with van der Waals surface area (Å²) < 4.78 is 18.9. The molecule has 1 aliphatic rings. The summed E-state index contributed by atoms with van der Waals surface area (Å²) in [5.74, 6) is -0.297. The Hall–Kier alpha value is -1.71. The van der Waals surface area contributed by atoms with Crippen LogP contribution in [0.3, 0.4) is 0 Å². The van der Waals surface area contributed by atoms with Gasteiger partial charge in [-0.05, 0) is 42.2 Å². The highest BCUT2D eigenvalue weighted by Gasteiger charge is 2.31. The van der Waals surface area contributed by atoms with Gasteiger partial charge in [-0.1, -0.05) is 36.4 Å². The van der Waals surface area contributed by atoms with Gasteiger partial charge in [0.25, 0.3) is 0 Å². The molecule has 2 aromatic rings. The smallest absolute Gasteiger partial charge is 0.123 e. The van der Waals surface area contributed by atoms with Crippen molar-refractivity contribution < 1.29 is 14.2 Å². The van der Waals surface area contributed by atoms with Gasteiger partial charge in [0.15, 0.2) is 0 Å². The maximum atomic E-state index is 13.0. The summed E-state index contributed by atoms with van der Waals surface area (Å²) >= 11 is 0. The summed E-state index contributed by atoms with van der Waals surface area (Å²) in [5.41, 5.74) is 2.08. The van der Waals surface area contributed by atoms with Gasteiger partial charge in [0.05, 0.1) is 18.3 Å². The second-order valence-electron chi connectivity index (χ2n) is 5.79. The van der Waals surface area contributed by atoms with E-state index in [1.807, 2.05) is 12.1 Å². The summed E-state index contributed by atoms with van der Waals surface area (Å²) in [5, 5.41) is 10.8. The van der Waals surface area contributed by atoms with E-state index in [1.54, 1.807) is 19.1 Å². The lowest BCUT2D eigenvalue weighted by Gasteiger charge is -2.32. The molecule has 0 spiro atoms. The Morgan fingerprint density at radius 3 is 2.67 bits per heavy atom. The summed E-state index contributed by atoms with van der Waals surface area (Å²) in [4.78, 5) is 0. The monoisotopic (exact) mass is 286 g/mol. The minimum absolute atomic E-state index is 0.130. The Kier molecular flexibility index (Phi) is 3.79. The number of hydrogen-bond acceptors (Lipinski definition) is 2. The molecule has 2 aromatic carbocycles. The number of halogens is 1. The van der Waals surface area contributed by atoms with E-state index in [0.29, 0.717) is 18.6 Å². The first-order chi connectivity index (χ1) is 10.1. The molecule has 2 atom stereocenters. The van der Waals surface area contributed by atoms with E-state index >= 15 is 0 Å². The third-order valence-corrected chi connectivity index (χ3v) is 4.14. The van der Waals surface area contributed by atoms with Crippen LogP contribution in [0.1, 0.15) is 36.1 Å². The normalized spacial score (nSPS) is 20.6. The van der Waals surface area contributed by atoms with Crippen molar-refractivity contribution in [3.63, 3.8) is 0 Å². The lowest BCUT2D eigenvalue weighted by molar-refractivity contribution is -0.0399.